The Morgan fingerprint density at radius 1 is 0.898 bits per heavy atom. The van der Waals surface area contributed by atoms with Crippen molar-refractivity contribution in [3.8, 4) is 5.75 Å². The van der Waals surface area contributed by atoms with Gasteiger partial charge in [-0.15, -0.1) is 0 Å². The molecule has 3 fully saturated rings. The van der Waals surface area contributed by atoms with Gasteiger partial charge < -0.3 is 31.6 Å². The number of aliphatic hydroxyl groups excluding tert-OH is 1. The van der Waals surface area contributed by atoms with Crippen molar-refractivity contribution in [3.63, 3.8) is 0 Å². The fourth-order valence-electron chi connectivity index (χ4n) is 8.45. The van der Waals surface area contributed by atoms with Crippen molar-refractivity contribution in [1.82, 2.24) is 4.90 Å². The third-order valence-corrected chi connectivity index (χ3v) is 13.5. The van der Waals surface area contributed by atoms with Crippen molar-refractivity contribution in [2.75, 3.05) is 64.0 Å². The Morgan fingerprint density at radius 3 is 2.14 bits per heavy atom. The topological polar surface area (TPSA) is 70.1 Å². The van der Waals surface area contributed by atoms with E-state index in [-0.39, 0.29) is 18.2 Å². The number of halogens is 1. The fraction of sp³-hybridized carbons (Fsp3) is 0.550. The van der Waals surface area contributed by atoms with Crippen LogP contribution in [-0.4, -0.2) is 88.1 Å². The largest absolute Gasteiger partial charge is 1.00 e. The molecule has 0 aliphatic carbocycles. The molecule has 0 amide bonds. The molecule has 2 atom stereocenters. The number of rotatable bonds is 13. The number of hydrogen-bond acceptors (Lipinski definition) is 6. The number of unbranched alkanes of at least 4 members (excludes halogenated alkanes) is 2. The molecule has 7 rings (SSSR count). The van der Waals surface area contributed by atoms with Crippen LogP contribution >= 0.6 is 0 Å². The van der Waals surface area contributed by atoms with Crippen LogP contribution in [0.3, 0.4) is 0 Å². The van der Waals surface area contributed by atoms with E-state index >= 15 is 0 Å². The van der Waals surface area contributed by atoms with Crippen LogP contribution in [0, 0.1) is 5.41 Å². The molecule has 0 saturated carbocycles. The van der Waals surface area contributed by atoms with E-state index in [0.29, 0.717) is 29.9 Å². The van der Waals surface area contributed by atoms with Crippen molar-refractivity contribution in [1.29, 1.82) is 0 Å². The molecule has 3 aromatic carbocycles. The predicted molar refractivity (Wildman–Crippen MR) is 194 cm³/mol. The molecule has 49 heavy (non-hydrogen) atoms. The highest BCUT2D eigenvalue weighted by molar-refractivity contribution is 7.91. The van der Waals surface area contributed by atoms with Gasteiger partial charge in [0.25, 0.3) is 0 Å². The van der Waals surface area contributed by atoms with Crippen LogP contribution in [0.2, 0.25) is 0 Å². The summed E-state index contributed by atoms with van der Waals surface area (Å²) in [7, 11) is 0.274. The lowest BCUT2D eigenvalue weighted by molar-refractivity contribution is -0.953. The quantitative estimate of drug-likeness (QED) is 0.274. The molecule has 0 spiro atoms. The summed E-state index contributed by atoms with van der Waals surface area (Å²) in [6.07, 6.45) is 4.16. The molecule has 4 aliphatic heterocycles. The number of nitrogens with zero attached hydrogens (tertiary/aromatic N) is 3. The predicted octanol–water partition coefficient (Wildman–Crippen LogP) is 3.63. The number of anilines is 1. The highest BCUT2D eigenvalue weighted by Crippen LogP contribution is 2.50. The summed E-state index contributed by atoms with van der Waals surface area (Å²) in [4.78, 5) is 4.92. The zero-order chi connectivity index (χ0) is 33.9. The second kappa shape index (κ2) is 15.7. The Morgan fingerprint density at radius 2 is 1.53 bits per heavy atom. The molecule has 268 valence electrons. The smallest absolute Gasteiger partial charge is 0.179 e. The van der Waals surface area contributed by atoms with E-state index < -0.39 is 27.3 Å². The van der Waals surface area contributed by atoms with Gasteiger partial charge in [-0.3, -0.25) is 4.90 Å². The number of aliphatic hydroxyl groups is 1. The molecule has 9 heteroatoms. The lowest BCUT2D eigenvalue weighted by atomic mass is 9.68. The maximum atomic E-state index is 14.2. The maximum absolute atomic E-state index is 14.2. The summed E-state index contributed by atoms with van der Waals surface area (Å²) >= 11 is 0. The summed E-state index contributed by atoms with van der Waals surface area (Å²) in [6, 6.07) is 22.5. The average molecular weight is 710 g/mol. The van der Waals surface area contributed by atoms with Crippen LogP contribution in [0.25, 0.3) is 0 Å². The Hall–Kier alpha value is -2.62. The molecule has 1 N–H and O–H groups in total. The minimum absolute atomic E-state index is 0. The Balaban J connectivity index is 0.00000468. The van der Waals surface area contributed by atoms with Crippen LogP contribution in [-0.2, 0) is 23.0 Å². The van der Waals surface area contributed by atoms with Crippen molar-refractivity contribution in [2.24, 2.45) is 5.41 Å². The molecule has 3 aromatic rings. The normalized spacial score (nSPS) is 25.1. The van der Waals surface area contributed by atoms with Crippen LogP contribution < -0.4 is 22.0 Å². The number of piperazine rings is 3. The van der Waals surface area contributed by atoms with E-state index in [1.54, 1.807) is 6.07 Å². The van der Waals surface area contributed by atoms with E-state index in [9.17, 15) is 13.5 Å². The summed E-state index contributed by atoms with van der Waals surface area (Å²) in [5, 5.41) is 12.5. The van der Waals surface area contributed by atoms with Crippen molar-refractivity contribution in [3.05, 3.63) is 89.0 Å². The molecule has 0 aromatic heterocycles. The number of sulfone groups is 1. The van der Waals surface area contributed by atoms with Crippen molar-refractivity contribution < 1.29 is 35.2 Å². The second-order valence-corrected chi connectivity index (χ2v) is 17.0. The van der Waals surface area contributed by atoms with Gasteiger partial charge in [0.05, 0.1) is 36.4 Å². The first kappa shape index (κ1) is 37.6. The first-order valence-electron chi connectivity index (χ1n) is 18.2. The second-order valence-electron chi connectivity index (χ2n) is 15.1. The Labute approximate surface area is 301 Å². The number of quaternary nitrogens is 1. The molecule has 2 bridgehead atoms. The molecule has 3 saturated heterocycles. The van der Waals surface area contributed by atoms with Gasteiger partial charge in [0.1, 0.15) is 18.9 Å². The first-order valence-corrected chi connectivity index (χ1v) is 19.8. The Kier molecular flexibility index (Phi) is 12.1. The molecular formula is C40H56ClN3O4S. The fourth-order valence-corrected chi connectivity index (χ4v) is 10.6. The van der Waals surface area contributed by atoms with Crippen molar-refractivity contribution >= 4 is 15.5 Å². The van der Waals surface area contributed by atoms with Crippen LogP contribution in [0.5, 0.6) is 5.75 Å². The van der Waals surface area contributed by atoms with Crippen LogP contribution in [0.4, 0.5) is 5.69 Å². The number of benzene rings is 3. The van der Waals surface area contributed by atoms with E-state index in [1.807, 2.05) is 55.4 Å². The van der Waals surface area contributed by atoms with Crippen molar-refractivity contribution in [2.45, 2.75) is 82.4 Å². The van der Waals surface area contributed by atoms with Gasteiger partial charge in [0.2, 0.25) is 0 Å². The standard InChI is InChI=1S/C40H56N3O4S.ClH/c1-5-7-18-40(19-8-6-2)30-48(45,46)37-17-16-34(41(3)4)27-36(37)38(39(40)44)33-10-9-11-35(26-33)47-29-32-14-12-31(13-15-32)28-43-23-20-42(21-24-43)22-25-43;/h9-17,26-27,38-39,44H,5-8,18-25,28-30H2,1-4H3;1H/q+1;/p-1/t38-,39-;/m1./s1. The van der Waals surface area contributed by atoms with Crippen LogP contribution in [0.1, 0.15) is 80.5 Å². The molecule has 4 heterocycles. The molecule has 7 nitrogen and oxygen atoms in total. The van der Waals surface area contributed by atoms with Gasteiger partial charge in [0.15, 0.2) is 9.84 Å². The average Bonchev–Trinajstić information content (AvgIpc) is 3.16. The van der Waals surface area contributed by atoms with Crippen LogP contribution in [0.15, 0.2) is 71.6 Å². The molecule has 0 radical (unpaired) electrons. The van der Waals surface area contributed by atoms with E-state index in [1.165, 1.54) is 49.3 Å². The number of hydrogen-bond donors (Lipinski definition) is 1. The molecule has 4 aliphatic rings. The molecular weight excluding hydrogens is 654 g/mol. The third kappa shape index (κ3) is 8.15. The lowest BCUT2D eigenvalue weighted by Crippen LogP contribution is -3.00. The van der Waals surface area contributed by atoms with Gasteiger partial charge in [-0.1, -0.05) is 75.9 Å². The summed E-state index contributed by atoms with van der Waals surface area (Å²) in [5.41, 5.74) is 4.25. The molecule has 0 unspecified atom stereocenters. The lowest BCUT2D eigenvalue weighted by Gasteiger charge is -2.50. The van der Waals surface area contributed by atoms with Gasteiger partial charge in [-0.2, -0.15) is 0 Å². The minimum Gasteiger partial charge on any atom is -1.00 e. The summed E-state index contributed by atoms with van der Waals surface area (Å²) in [6.45, 7) is 13.2. The zero-order valence-electron chi connectivity index (χ0n) is 29.9. The van der Waals surface area contributed by atoms with E-state index in [4.69, 9.17) is 4.74 Å². The third-order valence-electron chi connectivity index (χ3n) is 11.5. The van der Waals surface area contributed by atoms with Gasteiger partial charge in [-0.05, 0) is 59.9 Å². The van der Waals surface area contributed by atoms with E-state index in [0.717, 1.165) is 54.8 Å². The van der Waals surface area contributed by atoms with Gasteiger partial charge in [-0.25, -0.2) is 8.42 Å². The Bertz CT molecular complexity index is 1630. The summed E-state index contributed by atoms with van der Waals surface area (Å²) < 4.78 is 36.0. The number of ether oxygens (including phenoxy) is 1. The zero-order valence-corrected chi connectivity index (χ0v) is 31.5. The number of fused-ring (bicyclic) bond motifs is 4. The monoisotopic (exact) mass is 709 g/mol. The SMILES string of the molecule is CCCCC1(CCCC)CS(=O)(=O)c2ccc(N(C)C)cc2[C@@H](c2cccc(OCc3ccc(C[N+]45CCN(CC4)CC5)cc3)c2)[C@H]1O.[Cl-]. The highest BCUT2D eigenvalue weighted by atomic mass is 35.5. The summed E-state index contributed by atoms with van der Waals surface area (Å²) in [5.74, 6) is 0.188. The minimum atomic E-state index is -3.65. The van der Waals surface area contributed by atoms with Gasteiger partial charge in [0, 0.05) is 56.3 Å². The van der Waals surface area contributed by atoms with E-state index in [2.05, 4.69) is 43.0 Å². The first-order chi connectivity index (χ1) is 23.1. The maximum Gasteiger partial charge on any atom is 0.179 e. The van der Waals surface area contributed by atoms with Gasteiger partial charge >= 0.3 is 0 Å². The highest BCUT2D eigenvalue weighted by Gasteiger charge is 2.49.